The van der Waals surface area contributed by atoms with Crippen molar-refractivity contribution in [2.45, 2.75) is 38.0 Å². The molecular formula is C33H42ClN7OS. The number of aromatic nitrogens is 2. The van der Waals surface area contributed by atoms with E-state index in [-0.39, 0.29) is 5.41 Å². The van der Waals surface area contributed by atoms with Gasteiger partial charge in [0.2, 0.25) is 5.95 Å². The first-order chi connectivity index (χ1) is 21.0. The van der Waals surface area contributed by atoms with E-state index < -0.39 is 0 Å². The van der Waals surface area contributed by atoms with Gasteiger partial charge in [-0.05, 0) is 73.6 Å². The molecular weight excluding hydrogens is 578 g/mol. The van der Waals surface area contributed by atoms with E-state index in [0.717, 1.165) is 82.0 Å². The highest BCUT2D eigenvalue weighted by atomic mass is 35.5. The van der Waals surface area contributed by atoms with E-state index in [0.29, 0.717) is 23.5 Å². The van der Waals surface area contributed by atoms with Crippen LogP contribution < -0.4 is 25.3 Å². The van der Waals surface area contributed by atoms with Crippen LogP contribution in [0.1, 0.15) is 38.2 Å². The smallest absolute Gasteiger partial charge is 0.232 e. The lowest BCUT2D eigenvalue weighted by Crippen LogP contribution is -2.47. The molecule has 3 aromatic rings. The fourth-order valence-corrected chi connectivity index (χ4v) is 6.85. The summed E-state index contributed by atoms with van der Waals surface area (Å²) < 4.78 is 5.72. The second-order valence-corrected chi connectivity index (χ2v) is 13.0. The fourth-order valence-electron chi connectivity index (χ4n) is 6.56. The minimum absolute atomic E-state index is 0.0786. The topological polar surface area (TPSA) is 68.8 Å². The quantitative estimate of drug-likeness (QED) is 0.323. The van der Waals surface area contributed by atoms with E-state index in [1.54, 1.807) is 0 Å². The number of para-hydroxylation sites is 1. The van der Waals surface area contributed by atoms with Crippen LogP contribution in [-0.4, -0.2) is 74.1 Å². The second-order valence-electron chi connectivity index (χ2n) is 12.1. The van der Waals surface area contributed by atoms with Crippen molar-refractivity contribution in [2.24, 2.45) is 5.92 Å². The molecule has 1 aromatic heterocycles. The minimum atomic E-state index is -0.0786. The number of ether oxygens (including phenoxy) is 1. The van der Waals surface area contributed by atoms with Crippen molar-refractivity contribution in [3.05, 3.63) is 71.2 Å². The van der Waals surface area contributed by atoms with Gasteiger partial charge in [-0.25, -0.2) is 0 Å². The summed E-state index contributed by atoms with van der Waals surface area (Å²) in [5.41, 5.74) is 2.45. The van der Waals surface area contributed by atoms with Gasteiger partial charge in [0.1, 0.15) is 11.6 Å². The molecule has 0 amide bonds. The Bertz CT molecular complexity index is 1360. The Morgan fingerprint density at radius 3 is 2.30 bits per heavy atom. The standard InChI is InChI=1S/C33H42ClN7OS/c1-25-6-5-15-41(23-25)30-22-29(40-18-16-39(17-19-40)28-7-3-2-4-8-28)36-31(37-30)38-32(43)35-24-33(13-20-42-21-14-33)26-9-11-27(34)12-10-26/h2-4,7-12,22,25H,5-6,13-21,23-24H2,1H3,(H2,35,36,37,38,43). The second kappa shape index (κ2) is 13.7. The van der Waals surface area contributed by atoms with E-state index >= 15 is 0 Å². The Kier molecular flexibility index (Phi) is 9.50. The molecule has 2 aromatic carbocycles. The minimum Gasteiger partial charge on any atom is -0.381 e. The number of piperidine rings is 1. The van der Waals surface area contributed by atoms with Crippen LogP contribution in [0.5, 0.6) is 0 Å². The fraction of sp³-hybridized carbons (Fsp3) is 0.485. The molecule has 228 valence electrons. The number of thiocarbonyl (C=S) groups is 1. The van der Waals surface area contributed by atoms with Gasteiger partial charge in [-0.15, -0.1) is 0 Å². The van der Waals surface area contributed by atoms with Crippen molar-refractivity contribution in [3.63, 3.8) is 0 Å². The van der Waals surface area contributed by atoms with Crippen molar-refractivity contribution in [1.82, 2.24) is 15.3 Å². The molecule has 43 heavy (non-hydrogen) atoms. The number of hydrogen-bond donors (Lipinski definition) is 2. The highest BCUT2D eigenvalue weighted by Gasteiger charge is 2.34. The van der Waals surface area contributed by atoms with E-state index in [9.17, 15) is 0 Å². The molecule has 3 fully saturated rings. The Morgan fingerprint density at radius 1 is 0.930 bits per heavy atom. The zero-order chi connectivity index (χ0) is 29.6. The summed E-state index contributed by atoms with van der Waals surface area (Å²) in [6, 6.07) is 21.0. The van der Waals surface area contributed by atoms with Crippen LogP contribution in [0.4, 0.5) is 23.3 Å². The molecule has 0 bridgehead atoms. The molecule has 3 saturated heterocycles. The number of halogens is 1. The van der Waals surface area contributed by atoms with E-state index in [1.807, 2.05) is 12.1 Å². The summed E-state index contributed by atoms with van der Waals surface area (Å²) in [5, 5.41) is 8.12. The van der Waals surface area contributed by atoms with Gasteiger partial charge in [0.15, 0.2) is 5.11 Å². The van der Waals surface area contributed by atoms with Crippen molar-refractivity contribution in [1.29, 1.82) is 0 Å². The largest absolute Gasteiger partial charge is 0.381 e. The average molecular weight is 620 g/mol. The molecule has 2 N–H and O–H groups in total. The van der Waals surface area contributed by atoms with Crippen LogP contribution in [0, 0.1) is 5.92 Å². The van der Waals surface area contributed by atoms with Crippen molar-refractivity contribution in [2.75, 3.05) is 79.0 Å². The van der Waals surface area contributed by atoms with Crippen LogP contribution in [0.3, 0.4) is 0 Å². The number of rotatable bonds is 7. The number of hydrogen-bond acceptors (Lipinski definition) is 7. The Labute approximate surface area is 265 Å². The van der Waals surface area contributed by atoms with Gasteiger partial charge in [-0.2, -0.15) is 9.97 Å². The summed E-state index contributed by atoms with van der Waals surface area (Å²) in [5.74, 6) is 3.10. The predicted molar refractivity (Wildman–Crippen MR) is 181 cm³/mol. The van der Waals surface area contributed by atoms with Crippen LogP contribution >= 0.6 is 23.8 Å². The van der Waals surface area contributed by atoms with Crippen molar-refractivity contribution < 1.29 is 4.74 Å². The Morgan fingerprint density at radius 2 is 1.60 bits per heavy atom. The molecule has 8 nitrogen and oxygen atoms in total. The molecule has 4 heterocycles. The third-order valence-corrected chi connectivity index (χ3v) is 9.62. The van der Waals surface area contributed by atoms with E-state index in [2.05, 4.69) is 80.8 Å². The predicted octanol–water partition coefficient (Wildman–Crippen LogP) is 5.73. The number of benzene rings is 2. The summed E-state index contributed by atoms with van der Waals surface area (Å²) in [6.45, 7) is 10.2. The molecule has 1 atom stereocenters. The maximum atomic E-state index is 6.20. The van der Waals surface area contributed by atoms with Crippen LogP contribution in [0.25, 0.3) is 0 Å². The van der Waals surface area contributed by atoms with Gasteiger partial charge >= 0.3 is 0 Å². The lowest BCUT2D eigenvalue weighted by atomic mass is 9.74. The van der Waals surface area contributed by atoms with E-state index in [4.69, 9.17) is 38.5 Å². The first kappa shape index (κ1) is 29.9. The number of anilines is 4. The first-order valence-electron chi connectivity index (χ1n) is 15.6. The molecule has 3 aliphatic heterocycles. The number of nitrogens with one attached hydrogen (secondary N) is 2. The van der Waals surface area contributed by atoms with Crippen LogP contribution in [0.15, 0.2) is 60.7 Å². The van der Waals surface area contributed by atoms with E-state index in [1.165, 1.54) is 24.1 Å². The molecule has 0 saturated carbocycles. The molecule has 0 spiro atoms. The molecule has 1 unspecified atom stereocenters. The van der Waals surface area contributed by atoms with Gasteiger partial charge in [0.25, 0.3) is 0 Å². The SMILES string of the molecule is CC1CCCN(c2cc(N3CCN(c4ccccc4)CC3)nc(NC(=S)NCC3(c4ccc(Cl)cc4)CCOCC3)n2)C1. The van der Waals surface area contributed by atoms with Gasteiger partial charge in [0, 0.05) is 81.2 Å². The average Bonchev–Trinajstić information content (AvgIpc) is 3.05. The van der Waals surface area contributed by atoms with Crippen LogP contribution in [-0.2, 0) is 10.2 Å². The summed E-state index contributed by atoms with van der Waals surface area (Å²) in [4.78, 5) is 17.2. The summed E-state index contributed by atoms with van der Waals surface area (Å²) in [7, 11) is 0. The van der Waals surface area contributed by atoms with Gasteiger partial charge in [0.05, 0.1) is 0 Å². The van der Waals surface area contributed by atoms with Crippen molar-refractivity contribution >= 4 is 52.2 Å². The summed E-state index contributed by atoms with van der Waals surface area (Å²) in [6.07, 6.45) is 4.27. The zero-order valence-electron chi connectivity index (χ0n) is 25.0. The van der Waals surface area contributed by atoms with Crippen molar-refractivity contribution in [3.8, 4) is 0 Å². The maximum absolute atomic E-state index is 6.20. The number of nitrogens with zero attached hydrogens (tertiary/aromatic N) is 5. The van der Waals surface area contributed by atoms with Gasteiger partial charge < -0.3 is 30.1 Å². The highest BCUT2D eigenvalue weighted by molar-refractivity contribution is 7.80. The lowest BCUT2D eigenvalue weighted by Gasteiger charge is -2.38. The van der Waals surface area contributed by atoms with Gasteiger partial charge in [-0.1, -0.05) is 48.9 Å². The Hall–Kier alpha value is -3.14. The molecule has 3 aliphatic rings. The third kappa shape index (κ3) is 7.33. The normalized spacial score (nSPS) is 20.5. The third-order valence-electron chi connectivity index (χ3n) is 9.12. The Balaban J connectivity index is 1.17. The maximum Gasteiger partial charge on any atom is 0.232 e. The van der Waals surface area contributed by atoms with Gasteiger partial charge in [-0.3, -0.25) is 0 Å². The zero-order valence-corrected chi connectivity index (χ0v) is 26.5. The van der Waals surface area contributed by atoms with Crippen LogP contribution in [0.2, 0.25) is 5.02 Å². The first-order valence-corrected chi connectivity index (χ1v) is 16.3. The number of piperazine rings is 1. The highest BCUT2D eigenvalue weighted by Crippen LogP contribution is 2.35. The summed E-state index contributed by atoms with van der Waals surface area (Å²) >= 11 is 12.0. The lowest BCUT2D eigenvalue weighted by molar-refractivity contribution is 0.0515. The molecule has 6 rings (SSSR count). The molecule has 0 radical (unpaired) electrons. The molecule has 0 aliphatic carbocycles. The monoisotopic (exact) mass is 619 g/mol. The molecule has 10 heteroatoms.